The molecule has 0 radical (unpaired) electrons. The van der Waals surface area contributed by atoms with Crippen LogP contribution in [0.2, 0.25) is 19.6 Å². The van der Waals surface area contributed by atoms with Crippen LogP contribution in [0.5, 0.6) is 0 Å². The first-order chi connectivity index (χ1) is 7.94. The van der Waals surface area contributed by atoms with Crippen molar-refractivity contribution in [3.8, 4) is 0 Å². The van der Waals surface area contributed by atoms with Gasteiger partial charge >= 0.3 is 0 Å². The van der Waals surface area contributed by atoms with Crippen LogP contribution in [0.15, 0.2) is 24.0 Å². The van der Waals surface area contributed by atoms with Gasteiger partial charge in [-0.15, -0.1) is 6.58 Å². The van der Waals surface area contributed by atoms with Crippen molar-refractivity contribution in [1.29, 1.82) is 0 Å². The van der Waals surface area contributed by atoms with E-state index in [0.717, 1.165) is 0 Å². The van der Waals surface area contributed by atoms with E-state index in [9.17, 15) is 0 Å². The van der Waals surface area contributed by atoms with Gasteiger partial charge in [-0.1, -0.05) is 25.3 Å². The maximum atomic E-state index is 6.18. The summed E-state index contributed by atoms with van der Waals surface area (Å²) in [5, 5.41) is 0. The zero-order valence-corrected chi connectivity index (χ0v) is 13.0. The Balaban J connectivity index is 2.85. The largest absolute Gasteiger partial charge is 0.548 e. The third-order valence-electron chi connectivity index (χ3n) is 3.35. The van der Waals surface area contributed by atoms with Crippen LogP contribution in [0, 0.1) is 5.92 Å². The first kappa shape index (κ1) is 14.6. The van der Waals surface area contributed by atoms with Crippen molar-refractivity contribution >= 4 is 8.32 Å². The van der Waals surface area contributed by atoms with Crippen molar-refractivity contribution in [2.75, 3.05) is 0 Å². The molecular weight excluding hydrogens is 224 g/mol. The Bertz CT molecular complexity index is 286. The van der Waals surface area contributed by atoms with Gasteiger partial charge < -0.3 is 4.43 Å². The van der Waals surface area contributed by atoms with E-state index < -0.39 is 8.32 Å². The van der Waals surface area contributed by atoms with Gasteiger partial charge in [-0.2, -0.15) is 0 Å². The van der Waals surface area contributed by atoms with Crippen LogP contribution in [0.4, 0.5) is 0 Å². The number of hydrogen-bond acceptors (Lipinski definition) is 1. The first-order valence-corrected chi connectivity index (χ1v) is 10.4. The molecule has 0 unspecified atom stereocenters. The molecule has 0 aromatic heterocycles. The lowest BCUT2D eigenvalue weighted by Crippen LogP contribution is -2.25. The highest BCUT2D eigenvalue weighted by Gasteiger charge is 2.21. The van der Waals surface area contributed by atoms with Crippen molar-refractivity contribution in [2.24, 2.45) is 5.92 Å². The molecule has 0 heterocycles. The van der Waals surface area contributed by atoms with Crippen LogP contribution in [-0.2, 0) is 4.43 Å². The van der Waals surface area contributed by atoms with Crippen molar-refractivity contribution in [2.45, 2.75) is 65.1 Å². The van der Waals surface area contributed by atoms with E-state index in [0.29, 0.717) is 5.92 Å². The predicted molar refractivity (Wildman–Crippen MR) is 78.5 cm³/mol. The minimum absolute atomic E-state index is 0.548. The molecule has 0 aliphatic heterocycles. The van der Waals surface area contributed by atoms with Crippen molar-refractivity contribution < 1.29 is 4.43 Å². The van der Waals surface area contributed by atoms with Crippen molar-refractivity contribution in [1.82, 2.24) is 0 Å². The van der Waals surface area contributed by atoms with E-state index in [-0.39, 0.29) is 0 Å². The Labute approximate surface area is 108 Å². The predicted octanol–water partition coefficient (Wildman–Crippen LogP) is 5.27. The summed E-state index contributed by atoms with van der Waals surface area (Å²) in [7, 11) is -1.47. The highest BCUT2D eigenvalue weighted by Crippen LogP contribution is 2.31. The Kier molecular flexibility index (Phi) is 5.51. The Morgan fingerprint density at radius 3 is 2.47 bits per heavy atom. The maximum Gasteiger partial charge on any atom is 0.241 e. The van der Waals surface area contributed by atoms with Crippen molar-refractivity contribution in [3.63, 3.8) is 0 Å². The number of allylic oxidation sites excluding steroid dienone is 3. The topological polar surface area (TPSA) is 9.23 Å². The smallest absolute Gasteiger partial charge is 0.241 e. The summed E-state index contributed by atoms with van der Waals surface area (Å²) in [5.41, 5.74) is 1.52. The van der Waals surface area contributed by atoms with Crippen LogP contribution < -0.4 is 0 Å². The van der Waals surface area contributed by atoms with Gasteiger partial charge in [0.2, 0.25) is 8.32 Å². The third kappa shape index (κ3) is 5.11. The lowest BCUT2D eigenvalue weighted by atomic mass is 9.86. The van der Waals surface area contributed by atoms with Crippen LogP contribution >= 0.6 is 0 Å². The molecule has 0 amide bonds. The van der Waals surface area contributed by atoms with Crippen LogP contribution in [0.3, 0.4) is 0 Å². The fraction of sp³-hybridized carbons (Fsp3) is 0.733. The van der Waals surface area contributed by atoms with Crippen LogP contribution in [0.1, 0.15) is 45.4 Å². The lowest BCUT2D eigenvalue weighted by Gasteiger charge is -2.27. The third-order valence-corrected chi connectivity index (χ3v) is 4.27. The standard InChI is InChI=1S/C15H28OSi/c1-6-14-11-9-7-8-10-12-15(14)13(2)16-17(3,4)5/h6,14H,1,7-12H2,2-5H3/b15-13+/t14-/m0/s1. The Hall–Kier alpha value is -0.503. The first-order valence-electron chi connectivity index (χ1n) is 6.95. The van der Waals surface area contributed by atoms with E-state index in [1.165, 1.54) is 49.9 Å². The van der Waals surface area contributed by atoms with E-state index in [1.54, 1.807) is 0 Å². The molecule has 1 saturated carbocycles. The van der Waals surface area contributed by atoms with Gasteiger partial charge in [0.25, 0.3) is 0 Å². The molecule has 17 heavy (non-hydrogen) atoms. The molecule has 0 aromatic carbocycles. The highest BCUT2D eigenvalue weighted by molar-refractivity contribution is 6.70. The fourth-order valence-corrected chi connectivity index (χ4v) is 3.66. The van der Waals surface area contributed by atoms with Crippen molar-refractivity contribution in [3.05, 3.63) is 24.0 Å². The second-order valence-electron chi connectivity index (χ2n) is 6.09. The molecule has 0 spiro atoms. The summed E-state index contributed by atoms with van der Waals surface area (Å²) < 4.78 is 6.18. The molecule has 1 aliphatic rings. The zero-order chi connectivity index (χ0) is 12.9. The molecule has 0 bridgehead atoms. The second-order valence-corrected chi connectivity index (χ2v) is 10.5. The van der Waals surface area contributed by atoms with Gasteiger partial charge in [-0.05, 0) is 51.4 Å². The average molecular weight is 252 g/mol. The molecular formula is C15H28OSi. The number of rotatable bonds is 3. The van der Waals surface area contributed by atoms with E-state index >= 15 is 0 Å². The molecule has 1 fully saturated rings. The maximum absolute atomic E-state index is 6.18. The summed E-state index contributed by atoms with van der Waals surface area (Å²) in [6.07, 6.45) is 9.97. The summed E-state index contributed by atoms with van der Waals surface area (Å²) in [6.45, 7) is 12.9. The molecule has 0 N–H and O–H groups in total. The molecule has 1 atom stereocenters. The second kappa shape index (κ2) is 6.44. The van der Waals surface area contributed by atoms with Gasteiger partial charge in [0.1, 0.15) is 0 Å². The minimum atomic E-state index is -1.47. The average Bonchev–Trinajstić information content (AvgIpc) is 2.14. The fourth-order valence-electron chi connectivity index (χ4n) is 2.61. The normalized spacial score (nSPS) is 25.8. The summed E-state index contributed by atoms with van der Waals surface area (Å²) in [4.78, 5) is 0. The molecule has 1 aliphatic carbocycles. The Morgan fingerprint density at radius 1 is 1.24 bits per heavy atom. The van der Waals surface area contributed by atoms with Crippen LogP contribution in [-0.4, -0.2) is 8.32 Å². The number of hydrogen-bond donors (Lipinski definition) is 0. The quantitative estimate of drug-likeness (QED) is 0.378. The minimum Gasteiger partial charge on any atom is -0.548 e. The zero-order valence-electron chi connectivity index (χ0n) is 12.0. The summed E-state index contributed by atoms with van der Waals surface area (Å²) in [6, 6.07) is 0. The molecule has 1 rings (SSSR count). The van der Waals surface area contributed by atoms with E-state index in [1.807, 2.05) is 0 Å². The van der Waals surface area contributed by atoms with Gasteiger partial charge in [0.05, 0.1) is 5.76 Å². The van der Waals surface area contributed by atoms with Gasteiger partial charge in [0.15, 0.2) is 0 Å². The summed E-state index contributed by atoms with van der Waals surface area (Å²) >= 11 is 0. The van der Waals surface area contributed by atoms with Gasteiger partial charge in [-0.25, -0.2) is 0 Å². The Morgan fingerprint density at radius 2 is 1.88 bits per heavy atom. The van der Waals surface area contributed by atoms with Crippen LogP contribution in [0.25, 0.3) is 0 Å². The van der Waals surface area contributed by atoms with E-state index in [4.69, 9.17) is 4.43 Å². The molecule has 0 aromatic rings. The lowest BCUT2D eigenvalue weighted by molar-refractivity contribution is 0.394. The molecule has 0 saturated heterocycles. The monoisotopic (exact) mass is 252 g/mol. The summed E-state index contributed by atoms with van der Waals surface area (Å²) in [5.74, 6) is 1.74. The highest BCUT2D eigenvalue weighted by atomic mass is 28.4. The molecule has 2 heteroatoms. The molecule has 1 nitrogen and oxygen atoms in total. The van der Waals surface area contributed by atoms with Gasteiger partial charge in [0, 0.05) is 5.92 Å². The van der Waals surface area contributed by atoms with E-state index in [2.05, 4.69) is 39.2 Å². The van der Waals surface area contributed by atoms with Gasteiger partial charge in [-0.3, -0.25) is 0 Å². The SMILES string of the molecule is C=C[C@H]1CCCCCC/C1=C(/C)O[Si](C)(C)C. The molecule has 98 valence electrons.